The highest BCUT2D eigenvalue weighted by molar-refractivity contribution is 6.30. The molecule has 0 radical (unpaired) electrons. The van der Waals surface area contributed by atoms with E-state index in [4.69, 9.17) is 11.6 Å². The molecule has 1 aliphatic carbocycles. The van der Waals surface area contributed by atoms with Crippen molar-refractivity contribution in [3.8, 4) is 5.75 Å². The number of likely N-dealkylation sites (tertiary alicyclic amines) is 1. The Labute approximate surface area is 143 Å². The fraction of sp³-hybridized carbons (Fsp3) is 0.667. The normalized spacial score (nSPS) is 27.2. The number of halogens is 1. The number of nitrogens with zero attached hydrogens (tertiary/aromatic N) is 1. The van der Waals surface area contributed by atoms with Gasteiger partial charge < -0.3 is 15.5 Å². The number of hydrogen-bond donors (Lipinski definition) is 3. The summed E-state index contributed by atoms with van der Waals surface area (Å²) in [6.45, 7) is 2.73. The van der Waals surface area contributed by atoms with Crippen LogP contribution in [0.5, 0.6) is 5.75 Å². The van der Waals surface area contributed by atoms with Crippen molar-refractivity contribution in [2.75, 3.05) is 13.1 Å². The van der Waals surface area contributed by atoms with Crippen molar-refractivity contribution < 1.29 is 10.2 Å². The maximum atomic E-state index is 10.2. The van der Waals surface area contributed by atoms with Gasteiger partial charge in [0.2, 0.25) is 0 Å². The predicted molar refractivity (Wildman–Crippen MR) is 92.8 cm³/mol. The molecule has 0 amide bonds. The average Bonchev–Trinajstić information content (AvgIpc) is 2.57. The molecule has 3 rings (SSSR count). The van der Waals surface area contributed by atoms with E-state index in [-0.39, 0.29) is 6.10 Å². The predicted octanol–water partition coefficient (Wildman–Crippen LogP) is 2.90. The van der Waals surface area contributed by atoms with E-state index in [1.54, 1.807) is 12.1 Å². The molecule has 1 aliphatic heterocycles. The average molecular weight is 339 g/mol. The van der Waals surface area contributed by atoms with Crippen LogP contribution < -0.4 is 5.32 Å². The largest absolute Gasteiger partial charge is 0.508 e. The zero-order valence-electron chi connectivity index (χ0n) is 13.5. The van der Waals surface area contributed by atoms with Crippen molar-refractivity contribution in [3.05, 3.63) is 28.8 Å². The zero-order chi connectivity index (χ0) is 16.2. The Morgan fingerprint density at radius 1 is 1.13 bits per heavy atom. The summed E-state index contributed by atoms with van der Waals surface area (Å²) in [5.41, 5.74) is 0.850. The fourth-order valence-corrected chi connectivity index (χ4v) is 4.10. The van der Waals surface area contributed by atoms with Crippen molar-refractivity contribution in [1.29, 1.82) is 0 Å². The van der Waals surface area contributed by atoms with Crippen LogP contribution in [-0.4, -0.2) is 46.4 Å². The molecule has 1 aromatic rings. The maximum absolute atomic E-state index is 10.2. The maximum Gasteiger partial charge on any atom is 0.120 e. The minimum absolute atomic E-state index is 0.142. The van der Waals surface area contributed by atoms with Crippen LogP contribution in [-0.2, 0) is 6.54 Å². The van der Waals surface area contributed by atoms with Crippen LogP contribution in [0.1, 0.15) is 44.1 Å². The minimum atomic E-state index is -0.142. The molecule has 0 spiro atoms. The Kier molecular flexibility index (Phi) is 5.81. The number of nitrogens with one attached hydrogen (secondary N) is 1. The number of hydrogen-bond acceptors (Lipinski definition) is 4. The lowest BCUT2D eigenvalue weighted by Crippen LogP contribution is -2.51. The van der Waals surface area contributed by atoms with Gasteiger partial charge in [0.05, 0.1) is 6.10 Å². The Morgan fingerprint density at radius 2 is 1.87 bits per heavy atom. The molecule has 23 heavy (non-hydrogen) atoms. The molecule has 4 nitrogen and oxygen atoms in total. The van der Waals surface area contributed by atoms with Gasteiger partial charge in [-0.25, -0.2) is 0 Å². The first-order valence-electron chi connectivity index (χ1n) is 8.76. The summed E-state index contributed by atoms with van der Waals surface area (Å²) >= 11 is 5.99. The summed E-state index contributed by atoms with van der Waals surface area (Å²) in [7, 11) is 0. The third-order valence-corrected chi connectivity index (χ3v) is 5.55. The van der Waals surface area contributed by atoms with Crippen molar-refractivity contribution >= 4 is 11.6 Å². The first-order valence-corrected chi connectivity index (χ1v) is 9.14. The summed E-state index contributed by atoms with van der Waals surface area (Å²) in [6, 6.07) is 5.99. The summed E-state index contributed by atoms with van der Waals surface area (Å²) in [4.78, 5) is 2.47. The molecule has 1 aromatic carbocycles. The minimum Gasteiger partial charge on any atom is -0.508 e. The van der Waals surface area contributed by atoms with Crippen LogP contribution in [0.4, 0.5) is 0 Å². The van der Waals surface area contributed by atoms with Crippen LogP contribution in [0.15, 0.2) is 18.2 Å². The fourth-order valence-electron chi connectivity index (χ4n) is 3.90. The second-order valence-electron chi connectivity index (χ2n) is 6.88. The van der Waals surface area contributed by atoms with Crippen molar-refractivity contribution in [2.24, 2.45) is 0 Å². The molecule has 1 saturated heterocycles. The number of phenolic OH excluding ortho intramolecular Hbond substituents is 1. The van der Waals surface area contributed by atoms with Crippen LogP contribution in [0.25, 0.3) is 0 Å². The van der Waals surface area contributed by atoms with E-state index in [2.05, 4.69) is 10.2 Å². The van der Waals surface area contributed by atoms with E-state index in [9.17, 15) is 10.2 Å². The Bertz CT molecular complexity index is 518. The van der Waals surface area contributed by atoms with Gasteiger partial charge in [0.15, 0.2) is 0 Å². The summed E-state index contributed by atoms with van der Waals surface area (Å²) in [5, 5.41) is 24.3. The highest BCUT2D eigenvalue weighted by Gasteiger charge is 2.31. The van der Waals surface area contributed by atoms with E-state index in [1.165, 1.54) is 12.8 Å². The van der Waals surface area contributed by atoms with Gasteiger partial charge in [-0.3, -0.25) is 4.90 Å². The molecule has 0 aromatic heterocycles. The number of aliphatic hydroxyl groups is 1. The second-order valence-corrected chi connectivity index (χ2v) is 7.32. The highest BCUT2D eigenvalue weighted by Crippen LogP contribution is 2.26. The molecule has 2 aliphatic rings. The molecule has 1 heterocycles. The second kappa shape index (κ2) is 7.84. The van der Waals surface area contributed by atoms with Crippen LogP contribution >= 0.6 is 11.6 Å². The molecule has 3 N–H and O–H groups in total. The lowest BCUT2D eigenvalue weighted by molar-refractivity contribution is 0.00713. The van der Waals surface area contributed by atoms with E-state index in [1.807, 2.05) is 6.07 Å². The molecule has 2 fully saturated rings. The quantitative estimate of drug-likeness (QED) is 0.790. The molecule has 0 bridgehead atoms. The van der Waals surface area contributed by atoms with Gasteiger partial charge in [-0.1, -0.05) is 24.4 Å². The first-order chi connectivity index (χ1) is 11.1. The molecule has 2 atom stereocenters. The lowest BCUT2D eigenvalue weighted by atomic mass is 9.89. The summed E-state index contributed by atoms with van der Waals surface area (Å²) in [6.07, 6.45) is 6.53. The number of rotatable bonds is 4. The zero-order valence-corrected chi connectivity index (χ0v) is 14.3. The standard InChI is InChI=1S/C18H27ClN2O2/c19-14-5-6-17(22)13(11-14)12-20-15-7-9-21(10-8-15)16-3-1-2-4-18(16)23/h5-6,11,15-16,18,20,22-23H,1-4,7-10,12H2. The molecule has 1 saturated carbocycles. The highest BCUT2D eigenvalue weighted by atomic mass is 35.5. The Balaban J connectivity index is 1.46. The number of piperidine rings is 1. The number of phenols is 1. The van der Waals surface area contributed by atoms with Crippen molar-refractivity contribution in [2.45, 2.75) is 63.3 Å². The van der Waals surface area contributed by atoms with Gasteiger partial charge in [-0.05, 0) is 43.9 Å². The molecule has 2 unspecified atom stereocenters. The Hall–Kier alpha value is -0.810. The van der Waals surface area contributed by atoms with E-state index in [0.717, 1.165) is 44.3 Å². The first kappa shape index (κ1) is 17.0. The van der Waals surface area contributed by atoms with Crippen molar-refractivity contribution in [3.63, 3.8) is 0 Å². The van der Waals surface area contributed by atoms with Gasteiger partial charge in [0, 0.05) is 42.3 Å². The smallest absolute Gasteiger partial charge is 0.120 e. The van der Waals surface area contributed by atoms with Gasteiger partial charge in [-0.15, -0.1) is 0 Å². The summed E-state index contributed by atoms with van der Waals surface area (Å²) in [5.74, 6) is 0.296. The van der Waals surface area contributed by atoms with E-state index in [0.29, 0.717) is 29.4 Å². The van der Waals surface area contributed by atoms with Gasteiger partial charge in [0.25, 0.3) is 0 Å². The van der Waals surface area contributed by atoms with Crippen molar-refractivity contribution in [1.82, 2.24) is 10.2 Å². The monoisotopic (exact) mass is 338 g/mol. The SMILES string of the molecule is Oc1ccc(Cl)cc1CNC1CCN(C2CCCCC2O)CC1. The van der Waals surface area contributed by atoms with Crippen LogP contribution in [0, 0.1) is 0 Å². The van der Waals surface area contributed by atoms with Crippen LogP contribution in [0.2, 0.25) is 5.02 Å². The van der Waals surface area contributed by atoms with Crippen LogP contribution in [0.3, 0.4) is 0 Å². The van der Waals surface area contributed by atoms with E-state index >= 15 is 0 Å². The van der Waals surface area contributed by atoms with Gasteiger partial charge in [0.1, 0.15) is 5.75 Å². The third kappa shape index (κ3) is 4.38. The number of aromatic hydroxyl groups is 1. The lowest BCUT2D eigenvalue weighted by Gasteiger charge is -2.41. The molecular weight excluding hydrogens is 312 g/mol. The molecule has 128 valence electrons. The van der Waals surface area contributed by atoms with Gasteiger partial charge >= 0.3 is 0 Å². The molecular formula is C18H27ClN2O2. The summed E-state index contributed by atoms with van der Waals surface area (Å²) < 4.78 is 0. The Morgan fingerprint density at radius 3 is 2.61 bits per heavy atom. The molecule has 5 heteroatoms. The topological polar surface area (TPSA) is 55.7 Å². The number of benzene rings is 1. The third-order valence-electron chi connectivity index (χ3n) is 5.32. The van der Waals surface area contributed by atoms with E-state index < -0.39 is 0 Å². The van der Waals surface area contributed by atoms with Gasteiger partial charge in [-0.2, -0.15) is 0 Å². The number of aliphatic hydroxyl groups excluding tert-OH is 1.